The van der Waals surface area contributed by atoms with E-state index in [2.05, 4.69) is 34.1 Å². The zero-order valence-electron chi connectivity index (χ0n) is 13.9. The zero-order valence-corrected chi connectivity index (χ0v) is 14.7. The summed E-state index contributed by atoms with van der Waals surface area (Å²) in [6.45, 7) is 3.24. The van der Waals surface area contributed by atoms with Crippen molar-refractivity contribution in [2.45, 2.75) is 37.8 Å². The minimum absolute atomic E-state index is 0.351. The van der Waals surface area contributed by atoms with Crippen molar-refractivity contribution in [1.82, 2.24) is 9.80 Å². The first-order valence-electron chi connectivity index (χ1n) is 8.84. The average Bonchev–Trinajstić information content (AvgIpc) is 2.78. The lowest BCUT2D eigenvalue weighted by Gasteiger charge is -2.36. The van der Waals surface area contributed by atoms with E-state index in [1.54, 1.807) is 11.8 Å². The minimum Gasteiger partial charge on any atom is -0.337 e. The largest absolute Gasteiger partial charge is 0.337 e. The Morgan fingerprint density at radius 1 is 1.09 bits per heavy atom. The Balaban J connectivity index is 1.48. The lowest BCUT2D eigenvalue weighted by molar-refractivity contribution is -0.132. The van der Waals surface area contributed by atoms with Crippen LogP contribution < -0.4 is 0 Å². The smallest absolute Gasteiger partial charge is 0.232 e. The van der Waals surface area contributed by atoms with Gasteiger partial charge >= 0.3 is 0 Å². The van der Waals surface area contributed by atoms with E-state index in [0.29, 0.717) is 29.7 Å². The maximum atomic E-state index is 12.4. The number of rotatable bonds is 3. The van der Waals surface area contributed by atoms with E-state index in [4.69, 9.17) is 0 Å². The van der Waals surface area contributed by atoms with Crippen LogP contribution in [0.2, 0.25) is 0 Å². The Kier molecular flexibility index (Phi) is 4.37. The Labute approximate surface area is 143 Å². The van der Waals surface area contributed by atoms with Crippen molar-refractivity contribution in [3.05, 3.63) is 35.4 Å². The van der Waals surface area contributed by atoms with E-state index in [9.17, 15) is 4.79 Å². The van der Waals surface area contributed by atoms with Crippen LogP contribution in [0.25, 0.3) is 0 Å². The van der Waals surface area contributed by atoms with Crippen molar-refractivity contribution in [2.24, 2.45) is 5.92 Å². The minimum atomic E-state index is 0.351. The predicted octanol–water partition coefficient (Wildman–Crippen LogP) is 2.44. The van der Waals surface area contributed by atoms with Crippen LogP contribution in [0, 0.1) is 5.92 Å². The fourth-order valence-electron chi connectivity index (χ4n) is 4.72. The Morgan fingerprint density at radius 3 is 2.52 bits per heavy atom. The van der Waals surface area contributed by atoms with E-state index >= 15 is 0 Å². The highest BCUT2D eigenvalue weighted by Crippen LogP contribution is 2.33. The molecule has 2 unspecified atom stereocenters. The molecular formula is C19H26N2OS. The molecule has 3 fully saturated rings. The summed E-state index contributed by atoms with van der Waals surface area (Å²) in [4.78, 5) is 17.3. The molecule has 1 aliphatic carbocycles. The lowest BCUT2D eigenvalue weighted by Crippen LogP contribution is -2.48. The first-order chi connectivity index (χ1) is 11.2. The van der Waals surface area contributed by atoms with Crippen molar-refractivity contribution < 1.29 is 4.79 Å². The van der Waals surface area contributed by atoms with E-state index in [1.165, 1.54) is 43.4 Å². The summed E-state index contributed by atoms with van der Waals surface area (Å²) in [5.74, 6) is 1.66. The molecule has 0 N–H and O–H groups in total. The lowest BCUT2D eigenvalue weighted by atomic mass is 9.95. The highest BCUT2D eigenvalue weighted by molar-refractivity contribution is 7.99. The summed E-state index contributed by atoms with van der Waals surface area (Å²) in [5, 5.41) is 0. The van der Waals surface area contributed by atoms with Gasteiger partial charge in [-0.15, -0.1) is 0 Å². The number of hydrogen-bond donors (Lipinski definition) is 0. The van der Waals surface area contributed by atoms with E-state index < -0.39 is 0 Å². The number of carbonyl (C=O) groups is 1. The molecule has 1 amide bonds. The van der Waals surface area contributed by atoms with Crippen molar-refractivity contribution in [3.8, 4) is 0 Å². The zero-order chi connectivity index (χ0) is 15.8. The number of carbonyl (C=O) groups excluding carboxylic acids is 1. The maximum absolute atomic E-state index is 12.4. The number of piperidine rings is 1. The van der Waals surface area contributed by atoms with Crippen molar-refractivity contribution >= 4 is 17.7 Å². The highest BCUT2D eigenvalue weighted by Gasteiger charge is 2.39. The van der Waals surface area contributed by atoms with Gasteiger partial charge in [-0.2, -0.15) is 11.8 Å². The second-order valence-corrected chi connectivity index (χ2v) is 8.23. The number of benzene rings is 1. The fraction of sp³-hybridized carbons (Fsp3) is 0.632. The molecule has 2 bridgehead atoms. The number of nitrogens with zero attached hydrogens (tertiary/aromatic N) is 2. The highest BCUT2D eigenvalue weighted by atomic mass is 32.2. The van der Waals surface area contributed by atoms with Crippen molar-refractivity contribution in [1.29, 1.82) is 0 Å². The number of fused-ring (bicyclic) bond motifs is 5. The van der Waals surface area contributed by atoms with Crippen molar-refractivity contribution in [2.75, 3.05) is 31.6 Å². The molecular weight excluding hydrogens is 304 g/mol. The maximum Gasteiger partial charge on any atom is 0.232 e. The van der Waals surface area contributed by atoms with Crippen LogP contribution in [0.5, 0.6) is 0 Å². The Hall–Kier alpha value is -1.00. The molecule has 124 valence electrons. The number of thioether (sulfide) groups is 1. The van der Waals surface area contributed by atoms with Gasteiger partial charge < -0.3 is 4.90 Å². The molecule has 1 aromatic rings. The SMILES string of the molecule is CSCC(=O)N1CC2CCC1CN(C1Cc3ccccc3C1)C2. The predicted molar refractivity (Wildman–Crippen MR) is 95.8 cm³/mol. The van der Waals surface area contributed by atoms with E-state index in [1.807, 2.05) is 6.26 Å². The summed E-state index contributed by atoms with van der Waals surface area (Å²) in [6, 6.07) is 9.99. The van der Waals surface area contributed by atoms with Crippen LogP contribution in [0.4, 0.5) is 0 Å². The van der Waals surface area contributed by atoms with Crippen LogP contribution in [-0.2, 0) is 17.6 Å². The first kappa shape index (κ1) is 15.5. The molecule has 3 aliphatic heterocycles. The van der Waals surface area contributed by atoms with E-state index in [-0.39, 0.29) is 0 Å². The van der Waals surface area contributed by atoms with Gasteiger partial charge in [0.05, 0.1) is 5.75 Å². The molecule has 0 aromatic heterocycles. The fourth-order valence-corrected chi connectivity index (χ4v) is 5.13. The summed E-state index contributed by atoms with van der Waals surface area (Å²) in [6.07, 6.45) is 6.89. The molecule has 4 aliphatic rings. The second-order valence-electron chi connectivity index (χ2n) is 7.36. The van der Waals surface area contributed by atoms with Gasteiger partial charge in [0.1, 0.15) is 0 Å². The summed E-state index contributed by atoms with van der Waals surface area (Å²) in [5.41, 5.74) is 3.06. The molecule has 3 heterocycles. The van der Waals surface area contributed by atoms with Gasteiger partial charge in [0, 0.05) is 31.7 Å². The third-order valence-electron chi connectivity index (χ3n) is 5.88. The Bertz CT molecular complexity index is 565. The van der Waals surface area contributed by atoms with Crippen LogP contribution in [0.3, 0.4) is 0 Å². The van der Waals surface area contributed by atoms with Gasteiger partial charge in [0.25, 0.3) is 0 Å². The van der Waals surface area contributed by atoms with Crippen LogP contribution in [0.1, 0.15) is 24.0 Å². The topological polar surface area (TPSA) is 23.6 Å². The first-order valence-corrected chi connectivity index (χ1v) is 10.2. The molecule has 0 radical (unpaired) electrons. The van der Waals surface area contributed by atoms with Crippen LogP contribution in [-0.4, -0.2) is 59.4 Å². The van der Waals surface area contributed by atoms with E-state index in [0.717, 1.165) is 13.1 Å². The number of hydrogen-bond acceptors (Lipinski definition) is 3. The molecule has 4 heteroatoms. The monoisotopic (exact) mass is 330 g/mol. The molecule has 0 saturated carbocycles. The van der Waals surface area contributed by atoms with Crippen LogP contribution >= 0.6 is 11.8 Å². The summed E-state index contributed by atoms with van der Waals surface area (Å²) in [7, 11) is 0. The van der Waals surface area contributed by atoms with Gasteiger partial charge in [-0.3, -0.25) is 9.69 Å². The van der Waals surface area contributed by atoms with Gasteiger partial charge in [0.2, 0.25) is 5.91 Å². The molecule has 5 rings (SSSR count). The van der Waals surface area contributed by atoms with Gasteiger partial charge in [-0.25, -0.2) is 0 Å². The van der Waals surface area contributed by atoms with Crippen molar-refractivity contribution in [3.63, 3.8) is 0 Å². The third kappa shape index (κ3) is 3.03. The molecule has 1 aromatic carbocycles. The standard InChI is InChI=1S/C19H26N2OS/c1-23-13-19(22)21-11-14-6-7-17(21)12-20(10-14)18-8-15-4-2-3-5-16(15)9-18/h2-5,14,17-18H,6-13H2,1H3. The molecule has 23 heavy (non-hydrogen) atoms. The summed E-state index contributed by atoms with van der Waals surface area (Å²) >= 11 is 1.65. The van der Waals surface area contributed by atoms with Gasteiger partial charge in [0.15, 0.2) is 0 Å². The molecule has 3 nitrogen and oxygen atoms in total. The Morgan fingerprint density at radius 2 is 1.83 bits per heavy atom. The molecule has 2 atom stereocenters. The molecule has 3 saturated heterocycles. The number of amides is 1. The normalized spacial score (nSPS) is 28.0. The average molecular weight is 330 g/mol. The van der Waals surface area contributed by atoms with Crippen LogP contribution in [0.15, 0.2) is 24.3 Å². The molecule has 0 spiro atoms. The summed E-state index contributed by atoms with van der Waals surface area (Å²) < 4.78 is 0. The van der Waals surface area contributed by atoms with Gasteiger partial charge in [-0.05, 0) is 49.0 Å². The quantitative estimate of drug-likeness (QED) is 0.850. The second kappa shape index (κ2) is 6.48. The third-order valence-corrected chi connectivity index (χ3v) is 6.41. The van der Waals surface area contributed by atoms with Gasteiger partial charge in [-0.1, -0.05) is 24.3 Å².